The van der Waals surface area contributed by atoms with E-state index in [-0.39, 0.29) is 0 Å². The van der Waals surface area contributed by atoms with Crippen molar-refractivity contribution in [3.8, 4) is 44.9 Å². The Hall–Kier alpha value is -6.65. The standard InChI is InChI=1S/C45H27N3O/c1-3-9-29(10-4-1)37-25-22-32-19-20-33-23-26-38(47-44(33)43(32)46-37)30-17-15-28(16-18-30)34-21-24-35-39(27-34)48-42(31-11-5-2-6-12-31)41-36-13-7-8-14-40(36)49-45(35)41/h1-27H. The minimum absolute atomic E-state index is 0.867. The molecule has 49 heavy (non-hydrogen) atoms. The third-order valence-electron chi connectivity index (χ3n) is 9.46. The van der Waals surface area contributed by atoms with Crippen molar-refractivity contribution in [1.82, 2.24) is 15.0 Å². The molecular formula is C45H27N3O. The summed E-state index contributed by atoms with van der Waals surface area (Å²) in [4.78, 5) is 15.5. The molecule has 10 aromatic rings. The summed E-state index contributed by atoms with van der Waals surface area (Å²) in [5, 5.41) is 5.28. The number of benzene rings is 6. The van der Waals surface area contributed by atoms with E-state index in [1.807, 2.05) is 36.4 Å². The molecule has 0 aliphatic carbocycles. The maximum Gasteiger partial charge on any atom is 0.147 e. The Morgan fingerprint density at radius 1 is 0.388 bits per heavy atom. The van der Waals surface area contributed by atoms with E-state index in [9.17, 15) is 0 Å². The van der Waals surface area contributed by atoms with E-state index in [1.54, 1.807) is 0 Å². The predicted octanol–water partition coefficient (Wildman–Crippen LogP) is 11.9. The largest absolute Gasteiger partial charge is 0.455 e. The van der Waals surface area contributed by atoms with Crippen LogP contribution in [0.5, 0.6) is 0 Å². The van der Waals surface area contributed by atoms with Crippen molar-refractivity contribution in [2.45, 2.75) is 0 Å². The van der Waals surface area contributed by atoms with Crippen molar-refractivity contribution in [3.63, 3.8) is 0 Å². The number of furan rings is 1. The van der Waals surface area contributed by atoms with Gasteiger partial charge < -0.3 is 4.42 Å². The van der Waals surface area contributed by atoms with Crippen LogP contribution in [0.25, 0.3) is 99.5 Å². The minimum atomic E-state index is 0.867. The minimum Gasteiger partial charge on any atom is -0.455 e. The molecule has 0 fully saturated rings. The fourth-order valence-corrected chi connectivity index (χ4v) is 6.98. The average molecular weight is 626 g/mol. The van der Waals surface area contributed by atoms with Crippen LogP contribution in [0.4, 0.5) is 0 Å². The summed E-state index contributed by atoms with van der Waals surface area (Å²) >= 11 is 0. The van der Waals surface area contributed by atoms with Crippen LogP contribution in [0.3, 0.4) is 0 Å². The smallest absolute Gasteiger partial charge is 0.147 e. The zero-order chi connectivity index (χ0) is 32.3. The molecule has 0 atom stereocenters. The maximum atomic E-state index is 6.47. The second-order valence-corrected chi connectivity index (χ2v) is 12.4. The third kappa shape index (κ3) is 4.57. The molecule has 0 saturated carbocycles. The average Bonchev–Trinajstić information content (AvgIpc) is 3.58. The lowest BCUT2D eigenvalue weighted by Gasteiger charge is -2.10. The second kappa shape index (κ2) is 11.0. The maximum absolute atomic E-state index is 6.47. The van der Waals surface area contributed by atoms with Gasteiger partial charge in [0.25, 0.3) is 0 Å². The van der Waals surface area contributed by atoms with Gasteiger partial charge in [-0.3, -0.25) is 0 Å². The highest BCUT2D eigenvalue weighted by molar-refractivity contribution is 6.19. The first kappa shape index (κ1) is 27.5. The van der Waals surface area contributed by atoms with Gasteiger partial charge in [0.1, 0.15) is 11.2 Å². The van der Waals surface area contributed by atoms with Crippen LogP contribution in [0, 0.1) is 0 Å². The summed E-state index contributed by atoms with van der Waals surface area (Å²) in [6.45, 7) is 0. The second-order valence-electron chi connectivity index (χ2n) is 12.4. The first-order valence-electron chi connectivity index (χ1n) is 16.4. The lowest BCUT2D eigenvalue weighted by molar-refractivity contribution is 0.672. The van der Waals surface area contributed by atoms with Gasteiger partial charge in [-0.15, -0.1) is 0 Å². The van der Waals surface area contributed by atoms with Gasteiger partial charge in [0.05, 0.1) is 39.0 Å². The number of rotatable bonds is 4. The fraction of sp³-hybridized carbons (Fsp3) is 0. The molecule has 0 aliphatic heterocycles. The summed E-state index contributed by atoms with van der Waals surface area (Å²) in [6, 6.07) is 56.6. The van der Waals surface area contributed by atoms with Crippen LogP contribution in [0.1, 0.15) is 0 Å². The summed E-state index contributed by atoms with van der Waals surface area (Å²) in [7, 11) is 0. The topological polar surface area (TPSA) is 51.8 Å². The molecule has 0 spiro atoms. The highest BCUT2D eigenvalue weighted by Gasteiger charge is 2.18. The summed E-state index contributed by atoms with van der Waals surface area (Å²) in [6.07, 6.45) is 0. The van der Waals surface area contributed by atoms with Gasteiger partial charge in [-0.1, -0.05) is 133 Å². The van der Waals surface area contributed by atoms with Gasteiger partial charge in [0.2, 0.25) is 0 Å². The normalized spacial score (nSPS) is 11.7. The quantitative estimate of drug-likeness (QED) is 0.183. The monoisotopic (exact) mass is 625 g/mol. The van der Waals surface area contributed by atoms with Crippen molar-refractivity contribution < 1.29 is 4.42 Å². The van der Waals surface area contributed by atoms with Crippen LogP contribution in [0.2, 0.25) is 0 Å². The van der Waals surface area contributed by atoms with Gasteiger partial charge in [-0.2, -0.15) is 0 Å². The van der Waals surface area contributed by atoms with Crippen LogP contribution < -0.4 is 0 Å². The van der Waals surface area contributed by atoms with Gasteiger partial charge in [0, 0.05) is 38.2 Å². The Bertz CT molecular complexity index is 2860. The van der Waals surface area contributed by atoms with E-state index in [4.69, 9.17) is 19.4 Å². The van der Waals surface area contributed by atoms with E-state index in [1.165, 1.54) is 0 Å². The molecule has 0 saturated heterocycles. The van der Waals surface area contributed by atoms with E-state index in [2.05, 4.69) is 127 Å². The molecule has 4 aromatic heterocycles. The van der Waals surface area contributed by atoms with Gasteiger partial charge in [0.15, 0.2) is 0 Å². The molecule has 6 aromatic carbocycles. The lowest BCUT2D eigenvalue weighted by Crippen LogP contribution is -1.91. The zero-order valence-corrected chi connectivity index (χ0v) is 26.3. The van der Waals surface area contributed by atoms with Gasteiger partial charge in [-0.25, -0.2) is 15.0 Å². The van der Waals surface area contributed by atoms with Crippen LogP contribution >= 0.6 is 0 Å². The molecule has 4 heteroatoms. The Balaban J connectivity index is 1.06. The van der Waals surface area contributed by atoms with Crippen LogP contribution in [-0.4, -0.2) is 15.0 Å². The molecule has 10 rings (SSSR count). The molecule has 0 unspecified atom stereocenters. The summed E-state index contributed by atoms with van der Waals surface area (Å²) in [5.74, 6) is 0. The van der Waals surface area contributed by atoms with Crippen molar-refractivity contribution in [2.24, 2.45) is 0 Å². The number of hydrogen-bond donors (Lipinski definition) is 0. The van der Waals surface area contributed by atoms with E-state index < -0.39 is 0 Å². The van der Waals surface area contributed by atoms with Crippen molar-refractivity contribution in [3.05, 3.63) is 164 Å². The fourth-order valence-electron chi connectivity index (χ4n) is 6.98. The molecule has 4 nitrogen and oxygen atoms in total. The number of pyridine rings is 3. The van der Waals surface area contributed by atoms with Crippen molar-refractivity contribution in [1.29, 1.82) is 0 Å². The summed E-state index contributed by atoms with van der Waals surface area (Å²) in [5.41, 5.74) is 12.7. The highest BCUT2D eigenvalue weighted by atomic mass is 16.3. The molecule has 0 aliphatic rings. The first-order chi connectivity index (χ1) is 24.3. The van der Waals surface area contributed by atoms with Crippen LogP contribution in [0.15, 0.2) is 168 Å². The third-order valence-corrected chi connectivity index (χ3v) is 9.46. The van der Waals surface area contributed by atoms with Crippen LogP contribution in [-0.2, 0) is 0 Å². The zero-order valence-electron chi connectivity index (χ0n) is 26.3. The number of para-hydroxylation sites is 1. The number of aromatic nitrogens is 3. The molecule has 228 valence electrons. The Morgan fingerprint density at radius 2 is 0.939 bits per heavy atom. The highest BCUT2D eigenvalue weighted by Crippen LogP contribution is 2.40. The molecule has 0 amide bonds. The van der Waals surface area contributed by atoms with E-state index in [0.717, 1.165) is 99.5 Å². The van der Waals surface area contributed by atoms with Gasteiger partial charge in [-0.05, 0) is 41.5 Å². The predicted molar refractivity (Wildman–Crippen MR) is 201 cm³/mol. The molecule has 4 heterocycles. The Labute approximate surface area is 282 Å². The van der Waals surface area contributed by atoms with E-state index >= 15 is 0 Å². The number of nitrogens with zero attached hydrogens (tertiary/aromatic N) is 3. The number of hydrogen-bond acceptors (Lipinski definition) is 4. The lowest BCUT2D eigenvalue weighted by atomic mass is 9.98. The first-order valence-corrected chi connectivity index (χ1v) is 16.4. The van der Waals surface area contributed by atoms with Crippen molar-refractivity contribution in [2.75, 3.05) is 0 Å². The Kier molecular flexibility index (Phi) is 6.15. The van der Waals surface area contributed by atoms with Crippen molar-refractivity contribution >= 4 is 54.6 Å². The van der Waals surface area contributed by atoms with Gasteiger partial charge >= 0.3 is 0 Å². The SMILES string of the molecule is c1ccc(-c2ccc3ccc4ccc(-c5ccc(-c6ccc7c(c6)nc(-c6ccccc6)c6c8ccccc8oc76)cc5)nc4c3n2)cc1. The number of fused-ring (bicyclic) bond motifs is 8. The molecule has 0 N–H and O–H groups in total. The molecular weight excluding hydrogens is 599 g/mol. The molecule has 0 radical (unpaired) electrons. The summed E-state index contributed by atoms with van der Waals surface area (Å²) < 4.78 is 6.47. The van der Waals surface area contributed by atoms with E-state index in [0.29, 0.717) is 0 Å². The molecule has 0 bridgehead atoms. The Morgan fingerprint density at radius 3 is 1.63 bits per heavy atom.